The van der Waals surface area contributed by atoms with Gasteiger partial charge in [0.1, 0.15) is 12.4 Å². The number of nitrogens with zero attached hydrogens (tertiary/aromatic N) is 4. The predicted octanol–water partition coefficient (Wildman–Crippen LogP) is 4.60. The number of hydrogen-bond donors (Lipinski definition) is 1. The van der Waals surface area contributed by atoms with E-state index in [0.29, 0.717) is 0 Å². The average molecular weight is 566 g/mol. The second kappa shape index (κ2) is 10.9. The quantitative estimate of drug-likeness (QED) is 0.249. The van der Waals surface area contributed by atoms with E-state index in [9.17, 15) is 13.2 Å². The number of anilines is 1. The second-order valence-corrected chi connectivity index (χ2v) is 10.7. The molecule has 36 heavy (non-hydrogen) atoms. The Balaban J connectivity index is 1.53. The van der Waals surface area contributed by atoms with E-state index in [2.05, 4.69) is 36.0 Å². The highest BCUT2D eigenvalue weighted by Gasteiger charge is 2.27. The van der Waals surface area contributed by atoms with Crippen LogP contribution in [0.1, 0.15) is 17.0 Å². The number of carbonyl (C=O) groups is 1. The maximum atomic E-state index is 13.3. The molecule has 2 aromatic carbocycles. The first kappa shape index (κ1) is 25.3. The number of aryl methyl sites for hydroxylation is 1. The smallest absolute Gasteiger partial charge is 0.265 e. The van der Waals surface area contributed by atoms with E-state index < -0.39 is 22.5 Å². The van der Waals surface area contributed by atoms with Crippen LogP contribution in [0.2, 0.25) is 0 Å². The predicted molar refractivity (Wildman–Crippen MR) is 144 cm³/mol. The van der Waals surface area contributed by atoms with Crippen LogP contribution in [-0.4, -0.2) is 36.6 Å². The van der Waals surface area contributed by atoms with E-state index in [1.807, 2.05) is 44.2 Å². The molecule has 0 spiro atoms. The summed E-state index contributed by atoms with van der Waals surface area (Å²) >= 11 is 3.50. The number of amides is 1. The van der Waals surface area contributed by atoms with Crippen molar-refractivity contribution in [2.24, 2.45) is 5.10 Å². The number of nitrogens with one attached hydrogen (secondary N) is 1. The van der Waals surface area contributed by atoms with E-state index in [-0.39, 0.29) is 10.7 Å². The monoisotopic (exact) mass is 565 g/mol. The van der Waals surface area contributed by atoms with Gasteiger partial charge in [0.15, 0.2) is 0 Å². The van der Waals surface area contributed by atoms with Gasteiger partial charge in [0.25, 0.3) is 15.9 Å². The fourth-order valence-electron chi connectivity index (χ4n) is 3.78. The summed E-state index contributed by atoms with van der Waals surface area (Å²) in [7, 11) is -4.02. The van der Waals surface area contributed by atoms with E-state index in [1.165, 1.54) is 24.4 Å². The van der Waals surface area contributed by atoms with Crippen LogP contribution >= 0.6 is 15.9 Å². The number of carbonyl (C=O) groups excluding carboxylic acids is 1. The lowest BCUT2D eigenvalue weighted by molar-refractivity contribution is -0.119. The highest BCUT2D eigenvalue weighted by molar-refractivity contribution is 9.10. The van der Waals surface area contributed by atoms with E-state index in [1.54, 1.807) is 36.5 Å². The fourth-order valence-corrected chi connectivity index (χ4v) is 5.56. The molecule has 184 valence electrons. The summed E-state index contributed by atoms with van der Waals surface area (Å²) in [4.78, 5) is 16.9. The maximum absolute atomic E-state index is 13.3. The lowest BCUT2D eigenvalue weighted by Gasteiger charge is -2.22. The molecule has 8 nitrogen and oxygen atoms in total. The van der Waals surface area contributed by atoms with Crippen molar-refractivity contribution >= 4 is 43.9 Å². The van der Waals surface area contributed by atoms with Crippen LogP contribution in [0.15, 0.2) is 99.5 Å². The molecule has 0 fully saturated rings. The topological polar surface area (TPSA) is 96.7 Å². The number of halogens is 1. The van der Waals surface area contributed by atoms with Crippen molar-refractivity contribution in [1.29, 1.82) is 0 Å². The zero-order valence-electron chi connectivity index (χ0n) is 19.7. The molecule has 10 heteroatoms. The third-order valence-electron chi connectivity index (χ3n) is 5.45. The van der Waals surface area contributed by atoms with Gasteiger partial charge in [-0.1, -0.05) is 46.3 Å². The zero-order chi connectivity index (χ0) is 25.7. The summed E-state index contributed by atoms with van der Waals surface area (Å²) in [6.45, 7) is 3.47. The minimum atomic E-state index is -4.02. The molecule has 0 aliphatic rings. The first-order valence-electron chi connectivity index (χ1n) is 11.0. The Bertz CT molecular complexity index is 1500. The molecule has 2 aromatic heterocycles. The highest BCUT2D eigenvalue weighted by atomic mass is 79.9. The molecule has 2 heterocycles. The molecule has 1 N–H and O–H groups in total. The number of rotatable bonds is 8. The number of aromatic nitrogens is 2. The summed E-state index contributed by atoms with van der Waals surface area (Å²) in [6, 6.07) is 22.7. The molecule has 0 aliphatic heterocycles. The van der Waals surface area contributed by atoms with Crippen molar-refractivity contribution in [2.75, 3.05) is 10.8 Å². The zero-order valence-corrected chi connectivity index (χ0v) is 22.1. The summed E-state index contributed by atoms with van der Waals surface area (Å²) in [5, 5.41) is 4.08. The number of benzene rings is 2. The Morgan fingerprint density at radius 3 is 2.50 bits per heavy atom. The van der Waals surface area contributed by atoms with Gasteiger partial charge < -0.3 is 4.57 Å². The lowest BCUT2D eigenvalue weighted by Crippen LogP contribution is -2.40. The minimum absolute atomic E-state index is 0.0620. The van der Waals surface area contributed by atoms with Gasteiger partial charge in [-0.25, -0.2) is 23.1 Å². The SMILES string of the molecule is Cc1cc(/C=N/NC(=O)CN(c2ccccn2)S(=O)(=O)c2ccccc2)c(C)n1-c1cccc(Br)c1. The minimum Gasteiger partial charge on any atom is -0.318 e. The molecule has 0 radical (unpaired) electrons. The number of pyridine rings is 1. The van der Waals surface area contributed by atoms with E-state index in [0.717, 1.165) is 31.4 Å². The number of hydrazone groups is 1. The molecule has 0 saturated carbocycles. The van der Waals surface area contributed by atoms with Crippen molar-refractivity contribution in [3.05, 3.63) is 106 Å². The molecule has 0 unspecified atom stereocenters. The van der Waals surface area contributed by atoms with Crippen LogP contribution in [0.3, 0.4) is 0 Å². The Kier molecular flexibility index (Phi) is 7.66. The second-order valence-electron chi connectivity index (χ2n) is 7.95. The largest absolute Gasteiger partial charge is 0.318 e. The first-order chi connectivity index (χ1) is 17.3. The Labute approximate surface area is 218 Å². The van der Waals surface area contributed by atoms with Gasteiger partial charge in [-0.3, -0.25) is 4.79 Å². The van der Waals surface area contributed by atoms with Crippen molar-refractivity contribution < 1.29 is 13.2 Å². The van der Waals surface area contributed by atoms with Crippen molar-refractivity contribution in [1.82, 2.24) is 15.0 Å². The van der Waals surface area contributed by atoms with Gasteiger partial charge in [-0.2, -0.15) is 5.10 Å². The van der Waals surface area contributed by atoms with Crippen LogP contribution in [0.5, 0.6) is 0 Å². The van der Waals surface area contributed by atoms with Crippen LogP contribution in [0, 0.1) is 13.8 Å². The number of hydrogen-bond acceptors (Lipinski definition) is 5. The van der Waals surface area contributed by atoms with Gasteiger partial charge >= 0.3 is 0 Å². The Hall–Kier alpha value is -3.76. The van der Waals surface area contributed by atoms with Gasteiger partial charge in [0, 0.05) is 33.3 Å². The van der Waals surface area contributed by atoms with Crippen LogP contribution in [-0.2, 0) is 14.8 Å². The summed E-state index contributed by atoms with van der Waals surface area (Å²) < 4.78 is 30.6. The molecule has 0 aliphatic carbocycles. The van der Waals surface area contributed by atoms with Gasteiger partial charge in [-0.15, -0.1) is 0 Å². The molecule has 4 aromatic rings. The summed E-state index contributed by atoms with van der Waals surface area (Å²) in [5.74, 6) is -0.463. The third-order valence-corrected chi connectivity index (χ3v) is 7.71. The Morgan fingerprint density at radius 2 is 1.81 bits per heavy atom. The molecule has 0 bridgehead atoms. The first-order valence-corrected chi connectivity index (χ1v) is 13.3. The van der Waals surface area contributed by atoms with Crippen molar-refractivity contribution in [3.63, 3.8) is 0 Å². The highest BCUT2D eigenvalue weighted by Crippen LogP contribution is 2.23. The molecule has 0 atom stereocenters. The molecular weight excluding hydrogens is 542 g/mol. The van der Waals surface area contributed by atoms with Gasteiger partial charge in [-0.05, 0) is 62.4 Å². The van der Waals surface area contributed by atoms with Gasteiger partial charge in [0.05, 0.1) is 11.1 Å². The molecule has 4 rings (SSSR count). The number of sulfonamides is 1. The molecule has 1 amide bonds. The normalized spacial score (nSPS) is 11.5. The van der Waals surface area contributed by atoms with Crippen LogP contribution in [0.25, 0.3) is 5.69 Å². The van der Waals surface area contributed by atoms with Crippen LogP contribution < -0.4 is 9.73 Å². The lowest BCUT2D eigenvalue weighted by atomic mass is 10.2. The van der Waals surface area contributed by atoms with E-state index >= 15 is 0 Å². The van der Waals surface area contributed by atoms with Crippen molar-refractivity contribution in [3.8, 4) is 5.69 Å². The van der Waals surface area contributed by atoms with Gasteiger partial charge in [0.2, 0.25) is 0 Å². The standard InChI is InChI=1S/C26H24BrN5O3S/c1-19-15-21(20(2)32(19)23-10-8-9-22(27)16-23)17-29-30-26(33)18-31(25-13-6-7-14-28-25)36(34,35)24-11-4-3-5-12-24/h3-17H,18H2,1-2H3,(H,30,33)/b29-17+. The Morgan fingerprint density at radius 1 is 1.06 bits per heavy atom. The average Bonchev–Trinajstić information content (AvgIpc) is 3.16. The summed E-state index contributed by atoms with van der Waals surface area (Å²) in [5.41, 5.74) is 6.22. The maximum Gasteiger partial charge on any atom is 0.265 e. The molecular formula is C26H24BrN5O3S. The fraction of sp³-hybridized carbons (Fsp3) is 0.115. The van der Waals surface area contributed by atoms with Crippen molar-refractivity contribution in [2.45, 2.75) is 18.7 Å². The van der Waals surface area contributed by atoms with E-state index in [4.69, 9.17) is 0 Å². The molecule has 0 saturated heterocycles. The summed E-state index contributed by atoms with van der Waals surface area (Å²) in [6.07, 6.45) is 3.02. The van der Waals surface area contributed by atoms with Crippen LogP contribution in [0.4, 0.5) is 5.82 Å². The third kappa shape index (κ3) is 5.55.